The number of rotatable bonds is 9. The molecule has 28 heavy (non-hydrogen) atoms. The number of urea groups is 1. The number of amides is 4. The van der Waals surface area contributed by atoms with Gasteiger partial charge in [0.2, 0.25) is 5.91 Å². The van der Waals surface area contributed by atoms with Crippen molar-refractivity contribution < 1.29 is 19.6 Å². The lowest BCUT2D eigenvalue weighted by Crippen LogP contribution is -2.43. The van der Waals surface area contributed by atoms with E-state index in [-0.39, 0.29) is 13.0 Å². The molecule has 8 nitrogen and oxygen atoms in total. The maximum absolute atomic E-state index is 12.6. The van der Waals surface area contributed by atoms with Crippen molar-refractivity contribution in [2.45, 2.75) is 32.2 Å². The summed E-state index contributed by atoms with van der Waals surface area (Å²) in [6.45, 7) is 0.678. The summed E-state index contributed by atoms with van der Waals surface area (Å²) in [4.78, 5) is 41.7. The molecule has 1 aromatic carbocycles. The van der Waals surface area contributed by atoms with E-state index in [4.69, 9.17) is 5.21 Å². The van der Waals surface area contributed by atoms with Gasteiger partial charge in [0.25, 0.3) is 5.91 Å². The van der Waals surface area contributed by atoms with Crippen molar-refractivity contribution in [1.82, 2.24) is 20.7 Å². The first kappa shape index (κ1) is 21.0. The highest BCUT2D eigenvalue weighted by Gasteiger charge is 2.18. The minimum Gasteiger partial charge on any atom is -0.319 e. The van der Waals surface area contributed by atoms with Gasteiger partial charge >= 0.3 is 6.03 Å². The summed E-state index contributed by atoms with van der Waals surface area (Å²) in [7, 11) is 0. The van der Waals surface area contributed by atoms with E-state index in [9.17, 15) is 14.4 Å². The van der Waals surface area contributed by atoms with E-state index in [2.05, 4.69) is 10.3 Å². The SMILES string of the molecule is O=C(CCCCCN(Cc1ccccn1)C(=O)NC(=O)c1ccccc1)NO. The molecule has 0 aliphatic heterocycles. The predicted octanol–water partition coefficient (Wildman–Crippen LogP) is 2.50. The van der Waals surface area contributed by atoms with Gasteiger partial charge in [0, 0.05) is 24.7 Å². The molecule has 0 radical (unpaired) electrons. The highest BCUT2D eigenvalue weighted by Crippen LogP contribution is 2.07. The summed E-state index contributed by atoms with van der Waals surface area (Å²) in [5.74, 6) is -0.896. The highest BCUT2D eigenvalue weighted by atomic mass is 16.5. The van der Waals surface area contributed by atoms with E-state index in [0.717, 1.165) is 0 Å². The molecule has 8 heteroatoms. The Hall–Kier alpha value is -3.26. The van der Waals surface area contributed by atoms with Crippen LogP contribution in [0.25, 0.3) is 0 Å². The van der Waals surface area contributed by atoms with Crippen LogP contribution < -0.4 is 10.8 Å². The number of benzene rings is 1. The highest BCUT2D eigenvalue weighted by molar-refractivity contribution is 6.04. The van der Waals surface area contributed by atoms with Gasteiger partial charge in [-0.25, -0.2) is 10.3 Å². The molecule has 0 fully saturated rings. The van der Waals surface area contributed by atoms with Crippen LogP contribution >= 0.6 is 0 Å². The van der Waals surface area contributed by atoms with Gasteiger partial charge in [0.15, 0.2) is 0 Å². The van der Waals surface area contributed by atoms with Crippen LogP contribution in [0.15, 0.2) is 54.7 Å². The minimum absolute atomic E-state index is 0.218. The minimum atomic E-state index is -0.493. The third-order valence-corrected chi connectivity index (χ3v) is 4.08. The second kappa shape index (κ2) is 11.5. The van der Waals surface area contributed by atoms with Gasteiger partial charge in [-0.15, -0.1) is 0 Å². The molecule has 0 aliphatic rings. The number of carbonyl (C=O) groups is 3. The number of aromatic nitrogens is 1. The maximum atomic E-state index is 12.6. The number of hydrogen-bond donors (Lipinski definition) is 3. The summed E-state index contributed by atoms with van der Waals surface area (Å²) < 4.78 is 0. The van der Waals surface area contributed by atoms with Gasteiger partial charge in [0.05, 0.1) is 12.2 Å². The number of hydroxylamine groups is 1. The second-order valence-corrected chi connectivity index (χ2v) is 6.21. The zero-order chi connectivity index (χ0) is 20.2. The summed E-state index contributed by atoms with van der Waals surface area (Å²) in [6, 6.07) is 13.5. The molecule has 3 N–H and O–H groups in total. The van der Waals surface area contributed by atoms with E-state index in [1.165, 1.54) is 4.90 Å². The van der Waals surface area contributed by atoms with Gasteiger partial charge in [-0.3, -0.25) is 25.1 Å². The molecule has 0 saturated carbocycles. The summed E-state index contributed by atoms with van der Waals surface area (Å²) in [5.41, 5.74) is 2.71. The molecule has 0 spiro atoms. The van der Waals surface area contributed by atoms with Crippen LogP contribution in [0.1, 0.15) is 41.7 Å². The van der Waals surface area contributed by atoms with E-state index in [1.807, 2.05) is 12.1 Å². The van der Waals surface area contributed by atoms with Gasteiger partial charge in [-0.05, 0) is 37.1 Å². The number of nitrogens with one attached hydrogen (secondary N) is 2. The van der Waals surface area contributed by atoms with Crippen molar-refractivity contribution in [3.05, 3.63) is 66.0 Å². The largest absolute Gasteiger partial charge is 0.324 e. The molecule has 1 aromatic heterocycles. The van der Waals surface area contributed by atoms with Crippen LogP contribution in [-0.2, 0) is 11.3 Å². The standard InChI is InChI=1S/C20H24N4O4/c25-18(23-28)12-5-2-8-14-24(15-17-11-6-7-13-21-17)20(27)22-19(26)16-9-3-1-4-10-16/h1,3-4,6-7,9-11,13,28H,2,5,8,12,14-15H2,(H,23,25)(H,22,26,27). The van der Waals surface area contributed by atoms with Gasteiger partial charge in [-0.2, -0.15) is 0 Å². The molecular formula is C20H24N4O4. The Morgan fingerprint density at radius 1 is 0.964 bits per heavy atom. The molecule has 148 valence electrons. The lowest BCUT2D eigenvalue weighted by atomic mass is 10.2. The molecule has 2 aromatic rings. The fraction of sp³-hybridized carbons (Fsp3) is 0.300. The third-order valence-electron chi connectivity index (χ3n) is 4.08. The quantitative estimate of drug-likeness (QED) is 0.349. The normalized spacial score (nSPS) is 10.2. The van der Waals surface area contributed by atoms with Crippen LogP contribution in [0.4, 0.5) is 4.79 Å². The molecule has 0 saturated heterocycles. The first-order valence-corrected chi connectivity index (χ1v) is 9.08. The molecule has 2 rings (SSSR count). The maximum Gasteiger partial charge on any atom is 0.324 e. The Balaban J connectivity index is 1.93. The number of pyridine rings is 1. The molecule has 4 amide bonds. The predicted molar refractivity (Wildman–Crippen MR) is 102 cm³/mol. The van der Waals surface area contributed by atoms with Crippen molar-refractivity contribution in [3.8, 4) is 0 Å². The van der Waals surface area contributed by atoms with Gasteiger partial charge < -0.3 is 4.90 Å². The Kier molecular flexibility index (Phi) is 8.61. The Morgan fingerprint density at radius 3 is 2.39 bits per heavy atom. The Labute approximate surface area is 163 Å². The van der Waals surface area contributed by atoms with E-state index in [0.29, 0.717) is 37.1 Å². The molecule has 1 heterocycles. The van der Waals surface area contributed by atoms with Crippen molar-refractivity contribution in [2.75, 3.05) is 6.54 Å². The molecule has 0 aliphatic carbocycles. The summed E-state index contributed by atoms with van der Waals surface area (Å²) >= 11 is 0. The van der Waals surface area contributed by atoms with Crippen LogP contribution in [0.2, 0.25) is 0 Å². The Bertz CT molecular complexity index is 768. The lowest BCUT2D eigenvalue weighted by Gasteiger charge is -2.22. The average Bonchev–Trinajstić information content (AvgIpc) is 2.73. The average molecular weight is 384 g/mol. The topological polar surface area (TPSA) is 112 Å². The number of imide groups is 1. The monoisotopic (exact) mass is 384 g/mol. The Morgan fingerprint density at radius 2 is 1.71 bits per heavy atom. The van der Waals surface area contributed by atoms with Crippen LogP contribution in [0.5, 0.6) is 0 Å². The fourth-order valence-electron chi connectivity index (χ4n) is 2.60. The summed E-state index contributed by atoms with van der Waals surface area (Å²) in [6.07, 6.45) is 3.81. The molecular weight excluding hydrogens is 360 g/mol. The lowest BCUT2D eigenvalue weighted by molar-refractivity contribution is -0.129. The fourth-order valence-corrected chi connectivity index (χ4v) is 2.60. The zero-order valence-electron chi connectivity index (χ0n) is 15.5. The number of unbranched alkanes of at least 4 members (excludes halogenated alkanes) is 2. The number of hydrogen-bond acceptors (Lipinski definition) is 5. The zero-order valence-corrected chi connectivity index (χ0v) is 15.5. The number of nitrogens with zero attached hydrogens (tertiary/aromatic N) is 2. The van der Waals surface area contributed by atoms with Crippen molar-refractivity contribution in [2.24, 2.45) is 0 Å². The van der Waals surface area contributed by atoms with Gasteiger partial charge in [-0.1, -0.05) is 30.7 Å². The second-order valence-electron chi connectivity index (χ2n) is 6.21. The smallest absolute Gasteiger partial charge is 0.319 e. The number of carbonyl (C=O) groups excluding carboxylic acids is 3. The molecule has 0 unspecified atom stereocenters. The summed E-state index contributed by atoms with van der Waals surface area (Å²) in [5, 5.41) is 10.9. The van der Waals surface area contributed by atoms with E-state index < -0.39 is 17.8 Å². The van der Waals surface area contributed by atoms with Gasteiger partial charge in [0.1, 0.15) is 0 Å². The first-order chi connectivity index (χ1) is 13.6. The van der Waals surface area contributed by atoms with Crippen LogP contribution in [-0.4, -0.2) is 39.5 Å². The van der Waals surface area contributed by atoms with Crippen molar-refractivity contribution in [1.29, 1.82) is 0 Å². The van der Waals surface area contributed by atoms with Crippen LogP contribution in [0.3, 0.4) is 0 Å². The van der Waals surface area contributed by atoms with Crippen molar-refractivity contribution >= 4 is 17.8 Å². The van der Waals surface area contributed by atoms with Crippen LogP contribution in [0, 0.1) is 0 Å². The third kappa shape index (κ3) is 7.16. The molecule has 0 bridgehead atoms. The van der Waals surface area contributed by atoms with E-state index >= 15 is 0 Å². The van der Waals surface area contributed by atoms with Crippen molar-refractivity contribution in [3.63, 3.8) is 0 Å². The molecule has 0 atom stereocenters. The first-order valence-electron chi connectivity index (χ1n) is 9.08. The van der Waals surface area contributed by atoms with E-state index in [1.54, 1.807) is 48.1 Å².